The Balaban J connectivity index is 1.53. The fourth-order valence-electron chi connectivity index (χ4n) is 4.25. The second-order valence-corrected chi connectivity index (χ2v) is 11.8. The number of hydrogen-bond donors (Lipinski definition) is 0. The molecule has 0 N–H and O–H groups in total. The Kier molecular flexibility index (Phi) is 9.41. The van der Waals surface area contributed by atoms with Crippen LogP contribution in [0.15, 0.2) is 47.4 Å². The number of carbonyl (C=O) groups excluding carboxylic acids is 1. The van der Waals surface area contributed by atoms with Gasteiger partial charge in [-0.05, 0) is 63.2 Å². The largest absolute Gasteiger partial charge is 0.371 e. The summed E-state index contributed by atoms with van der Waals surface area (Å²) in [7, 11) is 1.90. The highest BCUT2D eigenvalue weighted by atomic mass is 35.5. The lowest BCUT2D eigenvalue weighted by atomic mass is 10.1. The summed E-state index contributed by atoms with van der Waals surface area (Å²) in [6.07, 6.45) is 3.91. The zero-order chi connectivity index (χ0) is 24.9. The minimum Gasteiger partial charge on any atom is -0.371 e. The average molecular weight is 527 g/mol. The third-order valence-electron chi connectivity index (χ3n) is 6.44. The van der Waals surface area contributed by atoms with E-state index in [0.29, 0.717) is 6.04 Å². The van der Waals surface area contributed by atoms with Gasteiger partial charge in [0.05, 0.1) is 10.0 Å². The van der Waals surface area contributed by atoms with Crippen molar-refractivity contribution in [3.63, 3.8) is 0 Å². The van der Waals surface area contributed by atoms with E-state index in [0.717, 1.165) is 29.4 Å². The zero-order valence-electron chi connectivity index (χ0n) is 20.0. The highest BCUT2D eigenvalue weighted by molar-refractivity contribution is 7.89. The molecule has 0 saturated carbocycles. The van der Waals surface area contributed by atoms with Gasteiger partial charge in [-0.15, -0.1) is 0 Å². The first-order valence-electron chi connectivity index (χ1n) is 11.5. The van der Waals surface area contributed by atoms with E-state index in [1.807, 2.05) is 12.1 Å². The Hall–Kier alpha value is -1.64. The number of rotatable bonds is 9. The molecular weight excluding hydrogens is 493 g/mol. The molecule has 1 atom stereocenters. The van der Waals surface area contributed by atoms with Gasteiger partial charge in [-0.2, -0.15) is 0 Å². The number of sulfonamides is 1. The Labute approximate surface area is 213 Å². The van der Waals surface area contributed by atoms with Crippen LogP contribution < -0.4 is 4.90 Å². The van der Waals surface area contributed by atoms with Gasteiger partial charge in [0, 0.05) is 51.3 Å². The molecule has 2 aromatic rings. The van der Waals surface area contributed by atoms with Crippen molar-refractivity contribution >= 4 is 44.7 Å². The van der Waals surface area contributed by atoms with Crippen molar-refractivity contribution in [2.45, 2.75) is 43.0 Å². The Bertz CT molecular complexity index is 1090. The highest BCUT2D eigenvalue weighted by Crippen LogP contribution is 2.30. The van der Waals surface area contributed by atoms with E-state index in [1.54, 1.807) is 0 Å². The molecule has 0 radical (unpaired) electrons. The molecule has 0 aliphatic carbocycles. The Morgan fingerprint density at radius 2 is 1.74 bits per heavy atom. The summed E-state index contributed by atoms with van der Waals surface area (Å²) in [4.78, 5) is 17.2. The molecule has 0 bridgehead atoms. The van der Waals surface area contributed by atoms with Crippen molar-refractivity contribution in [3.05, 3.63) is 58.1 Å². The van der Waals surface area contributed by atoms with Gasteiger partial charge in [0.15, 0.2) is 0 Å². The minimum atomic E-state index is -3.83. The molecule has 1 fully saturated rings. The summed E-state index contributed by atoms with van der Waals surface area (Å²) in [5, 5.41) is 0.164. The second-order valence-electron chi connectivity index (χ2n) is 9.05. The van der Waals surface area contributed by atoms with Crippen LogP contribution in [0.2, 0.25) is 10.0 Å². The van der Waals surface area contributed by atoms with Crippen molar-refractivity contribution in [2.24, 2.45) is 0 Å². The van der Waals surface area contributed by atoms with Crippen LogP contribution in [0, 0.1) is 0 Å². The van der Waals surface area contributed by atoms with Crippen LogP contribution in [-0.4, -0.2) is 70.2 Å². The van der Waals surface area contributed by atoms with E-state index in [2.05, 4.69) is 36.0 Å². The predicted molar refractivity (Wildman–Crippen MR) is 140 cm³/mol. The lowest BCUT2D eigenvalue weighted by molar-refractivity contribution is -0.118. The summed E-state index contributed by atoms with van der Waals surface area (Å²) in [5.41, 5.74) is 2.11. The van der Waals surface area contributed by atoms with Gasteiger partial charge in [-0.1, -0.05) is 41.4 Å². The van der Waals surface area contributed by atoms with Crippen LogP contribution >= 0.6 is 23.2 Å². The first-order valence-corrected chi connectivity index (χ1v) is 13.7. The maximum atomic E-state index is 12.8. The summed E-state index contributed by atoms with van der Waals surface area (Å²) in [6.45, 7) is 2.14. The lowest BCUT2D eigenvalue weighted by Gasteiger charge is -2.25. The highest BCUT2D eigenvalue weighted by Gasteiger charge is 2.25. The first-order chi connectivity index (χ1) is 16.1. The van der Waals surface area contributed by atoms with Crippen LogP contribution in [0.25, 0.3) is 0 Å². The monoisotopic (exact) mass is 525 g/mol. The molecule has 34 heavy (non-hydrogen) atoms. The normalized spacial score (nSPS) is 17.3. The van der Waals surface area contributed by atoms with E-state index >= 15 is 0 Å². The van der Waals surface area contributed by atoms with Crippen molar-refractivity contribution < 1.29 is 13.2 Å². The van der Waals surface area contributed by atoms with Crippen molar-refractivity contribution in [2.75, 3.05) is 45.7 Å². The third kappa shape index (κ3) is 6.73. The zero-order valence-corrected chi connectivity index (χ0v) is 22.3. The SMILES string of the molecule is CN(C)C1CCCN(c2ccc(CC(=O)CCN(C)S(=O)(=O)c3cccc(Cl)c3Cl)cc2)CC1. The van der Waals surface area contributed by atoms with Crippen LogP contribution in [0.3, 0.4) is 0 Å². The molecule has 0 aromatic heterocycles. The topological polar surface area (TPSA) is 60.9 Å². The fraction of sp³-hybridized carbons (Fsp3) is 0.480. The van der Waals surface area contributed by atoms with Gasteiger partial charge in [0.25, 0.3) is 0 Å². The molecule has 186 valence electrons. The summed E-state index contributed by atoms with van der Waals surface area (Å²) in [5.74, 6) is -0.0180. The molecule has 3 rings (SSSR count). The van der Waals surface area contributed by atoms with E-state index < -0.39 is 10.0 Å². The van der Waals surface area contributed by atoms with Gasteiger partial charge in [-0.25, -0.2) is 12.7 Å². The first kappa shape index (κ1) is 27.0. The van der Waals surface area contributed by atoms with E-state index in [1.165, 1.54) is 43.8 Å². The lowest BCUT2D eigenvalue weighted by Crippen LogP contribution is -2.30. The molecule has 2 aromatic carbocycles. The number of nitrogens with zero attached hydrogens (tertiary/aromatic N) is 3. The predicted octanol–water partition coefficient (Wildman–Crippen LogP) is 4.74. The van der Waals surface area contributed by atoms with Gasteiger partial charge < -0.3 is 9.80 Å². The van der Waals surface area contributed by atoms with Crippen LogP contribution in [0.4, 0.5) is 5.69 Å². The maximum Gasteiger partial charge on any atom is 0.244 e. The van der Waals surface area contributed by atoms with E-state index in [9.17, 15) is 13.2 Å². The molecule has 1 aliphatic rings. The smallest absolute Gasteiger partial charge is 0.244 e. The Morgan fingerprint density at radius 3 is 2.41 bits per heavy atom. The third-order valence-corrected chi connectivity index (χ3v) is 9.27. The molecule has 1 saturated heterocycles. The van der Waals surface area contributed by atoms with Crippen LogP contribution in [-0.2, 0) is 21.2 Å². The molecule has 9 heteroatoms. The number of anilines is 1. The van der Waals surface area contributed by atoms with Gasteiger partial charge >= 0.3 is 0 Å². The number of halogens is 2. The second kappa shape index (κ2) is 11.9. The molecular formula is C25H33Cl2N3O3S. The minimum absolute atomic E-state index is 0.0101. The van der Waals surface area contributed by atoms with Crippen LogP contribution in [0.5, 0.6) is 0 Å². The van der Waals surface area contributed by atoms with Gasteiger partial charge in [0.2, 0.25) is 10.0 Å². The van der Waals surface area contributed by atoms with Gasteiger partial charge in [-0.3, -0.25) is 4.79 Å². The molecule has 1 aliphatic heterocycles. The summed E-state index contributed by atoms with van der Waals surface area (Å²) < 4.78 is 26.8. The number of benzene rings is 2. The van der Waals surface area contributed by atoms with Crippen LogP contribution in [0.1, 0.15) is 31.2 Å². The average Bonchev–Trinajstić information content (AvgIpc) is 3.06. The van der Waals surface area contributed by atoms with Crippen molar-refractivity contribution in [1.29, 1.82) is 0 Å². The standard InChI is InChI=1S/C25H33Cl2N3O3S/c1-28(2)20-6-5-15-30(17-13-20)21-11-9-19(10-12-21)18-22(31)14-16-29(3)34(32,33)24-8-4-7-23(26)25(24)27/h4,7-12,20H,5-6,13-18H2,1-3H3. The van der Waals surface area contributed by atoms with Crippen molar-refractivity contribution in [3.8, 4) is 0 Å². The fourth-order valence-corrected chi connectivity index (χ4v) is 6.15. The molecule has 6 nitrogen and oxygen atoms in total. The number of hydrogen-bond acceptors (Lipinski definition) is 5. The van der Waals surface area contributed by atoms with Gasteiger partial charge in [0.1, 0.15) is 10.7 Å². The van der Waals surface area contributed by atoms with E-state index in [4.69, 9.17) is 23.2 Å². The Morgan fingerprint density at radius 1 is 1.03 bits per heavy atom. The molecule has 0 amide bonds. The maximum absolute atomic E-state index is 12.8. The van der Waals surface area contributed by atoms with Crippen molar-refractivity contribution in [1.82, 2.24) is 9.21 Å². The molecule has 1 unspecified atom stereocenters. The molecule has 1 heterocycles. The summed E-state index contributed by atoms with van der Waals surface area (Å²) in [6, 6.07) is 13.3. The quantitative estimate of drug-likeness (QED) is 0.473. The number of Topliss-reactive ketones (excluding diaryl/α,β-unsaturated/α-hetero) is 1. The molecule has 0 spiro atoms. The number of carbonyl (C=O) groups is 1. The van der Waals surface area contributed by atoms with E-state index in [-0.39, 0.29) is 40.1 Å². The summed E-state index contributed by atoms with van der Waals surface area (Å²) >= 11 is 12.0. The number of ketones is 1.